The quantitative estimate of drug-likeness (QED) is 0.669. The highest BCUT2D eigenvalue weighted by atomic mass is 32.2. The number of hydrogen-bond donors (Lipinski definition) is 1. The molecule has 7 nitrogen and oxygen atoms in total. The minimum absolute atomic E-state index is 0.259. The number of likely N-dealkylation sites (N-methyl/N-ethyl adjacent to an activating group) is 1. The zero-order valence-electron chi connectivity index (χ0n) is 8.69. The minimum atomic E-state index is -3.98. The van der Waals surface area contributed by atoms with Crippen molar-refractivity contribution in [1.82, 2.24) is 9.29 Å². The summed E-state index contributed by atoms with van der Waals surface area (Å²) in [6.45, 7) is 0. The molecule has 1 atom stereocenters. The Kier molecular flexibility index (Phi) is 2.48. The van der Waals surface area contributed by atoms with Crippen molar-refractivity contribution in [1.29, 1.82) is 0 Å². The second kappa shape index (κ2) is 3.60. The number of Topliss-reactive ketones (excluding diaryl/α,β-unsaturated/α-hetero) is 1. The van der Waals surface area contributed by atoms with Crippen LogP contribution < -0.4 is 0 Å². The van der Waals surface area contributed by atoms with Gasteiger partial charge in [0.15, 0.2) is 6.04 Å². The molecule has 0 aromatic carbocycles. The molecule has 0 saturated heterocycles. The summed E-state index contributed by atoms with van der Waals surface area (Å²) in [7, 11) is -2.92. The number of carbonyl (C=O) groups is 2. The molecular weight excluding hydrogens is 248 g/mol. The second-order valence-electron chi connectivity index (χ2n) is 3.48. The maximum absolute atomic E-state index is 11.9. The van der Waals surface area contributed by atoms with Crippen molar-refractivity contribution in [3.05, 3.63) is 24.0 Å². The van der Waals surface area contributed by atoms with Crippen molar-refractivity contribution in [2.45, 2.75) is 10.9 Å². The van der Waals surface area contributed by atoms with Crippen molar-refractivity contribution in [3.63, 3.8) is 0 Å². The zero-order chi connectivity index (χ0) is 12.8. The Hall–Kier alpha value is -1.80. The Morgan fingerprint density at radius 2 is 2.18 bits per heavy atom. The van der Waals surface area contributed by atoms with Gasteiger partial charge in [0.2, 0.25) is 15.8 Å². The van der Waals surface area contributed by atoms with Crippen molar-refractivity contribution < 1.29 is 23.1 Å². The van der Waals surface area contributed by atoms with E-state index in [9.17, 15) is 18.0 Å². The van der Waals surface area contributed by atoms with Gasteiger partial charge in [0, 0.05) is 13.2 Å². The molecule has 1 N–H and O–H groups in total. The number of sulfonamides is 1. The topological polar surface area (TPSA) is 105 Å². The number of aromatic nitrogens is 1. The maximum Gasteiger partial charge on any atom is 0.330 e. The molecule has 0 saturated carbocycles. The lowest BCUT2D eigenvalue weighted by molar-refractivity contribution is -0.139. The van der Waals surface area contributed by atoms with Gasteiger partial charge in [-0.25, -0.2) is 13.2 Å². The Bertz CT molecular complexity index is 610. The van der Waals surface area contributed by atoms with Crippen LogP contribution in [-0.2, 0) is 14.8 Å². The van der Waals surface area contributed by atoms with Gasteiger partial charge in [0.1, 0.15) is 10.6 Å². The fourth-order valence-corrected chi connectivity index (χ4v) is 3.06. The number of rotatable bonds is 1. The number of carboxylic acid groups (broad SMARTS) is 1. The number of carbonyl (C=O) groups excluding carboxylic acids is 1. The number of fused-ring (bicyclic) bond motifs is 1. The molecule has 1 aromatic heterocycles. The molecule has 0 amide bonds. The largest absolute Gasteiger partial charge is 0.480 e. The van der Waals surface area contributed by atoms with E-state index in [1.807, 2.05) is 0 Å². The normalized spacial score (nSPS) is 23.1. The first-order chi connectivity index (χ1) is 7.87. The fourth-order valence-electron chi connectivity index (χ4n) is 1.64. The third-order valence-corrected chi connectivity index (χ3v) is 4.36. The van der Waals surface area contributed by atoms with E-state index in [0.29, 0.717) is 4.31 Å². The van der Waals surface area contributed by atoms with E-state index >= 15 is 0 Å². The average Bonchev–Trinajstić information content (AvgIpc) is 2.27. The molecule has 1 aliphatic rings. The number of ketones is 1. The van der Waals surface area contributed by atoms with E-state index in [0.717, 1.165) is 7.05 Å². The number of pyridine rings is 1. The van der Waals surface area contributed by atoms with Crippen molar-refractivity contribution >= 4 is 21.8 Å². The lowest BCUT2D eigenvalue weighted by Gasteiger charge is -2.28. The number of hydrogen-bond acceptors (Lipinski definition) is 5. The number of carboxylic acids is 1. The summed E-state index contributed by atoms with van der Waals surface area (Å²) in [5.74, 6) is -2.34. The van der Waals surface area contributed by atoms with Gasteiger partial charge in [-0.05, 0) is 12.1 Å². The predicted octanol–water partition coefficient (Wildman–Crippen LogP) is -0.648. The molecule has 0 fully saturated rings. The van der Waals surface area contributed by atoms with E-state index in [1.165, 1.54) is 18.3 Å². The van der Waals surface area contributed by atoms with Crippen LogP contribution in [0.2, 0.25) is 0 Å². The molecule has 17 heavy (non-hydrogen) atoms. The SMILES string of the molecule is CN1C(C(=O)O)C(=O)c2ncccc2S1(=O)=O. The Labute approximate surface area is 96.7 Å². The summed E-state index contributed by atoms with van der Waals surface area (Å²) in [5, 5.41) is 8.88. The van der Waals surface area contributed by atoms with Gasteiger partial charge in [0.05, 0.1) is 0 Å². The molecule has 0 aliphatic carbocycles. The van der Waals surface area contributed by atoms with Crippen LogP contribution in [0.5, 0.6) is 0 Å². The molecule has 2 rings (SSSR count). The van der Waals surface area contributed by atoms with E-state index in [2.05, 4.69) is 4.98 Å². The highest BCUT2D eigenvalue weighted by Gasteiger charge is 2.46. The maximum atomic E-state index is 11.9. The van der Waals surface area contributed by atoms with Crippen LogP contribution in [0.4, 0.5) is 0 Å². The zero-order valence-corrected chi connectivity index (χ0v) is 9.51. The second-order valence-corrected chi connectivity index (χ2v) is 5.44. The van der Waals surface area contributed by atoms with E-state index in [1.54, 1.807) is 0 Å². The van der Waals surface area contributed by atoms with Crippen molar-refractivity contribution in [2.75, 3.05) is 7.05 Å². The summed E-state index contributed by atoms with van der Waals surface area (Å²) >= 11 is 0. The molecular formula is C9H8N2O5S. The van der Waals surface area contributed by atoms with Crippen molar-refractivity contribution in [2.24, 2.45) is 0 Å². The molecule has 1 aliphatic heterocycles. The van der Waals surface area contributed by atoms with Gasteiger partial charge in [-0.15, -0.1) is 0 Å². The molecule has 2 heterocycles. The van der Waals surface area contributed by atoms with E-state index in [-0.39, 0.29) is 10.6 Å². The summed E-state index contributed by atoms with van der Waals surface area (Å²) < 4.78 is 24.4. The Morgan fingerprint density at radius 3 is 2.76 bits per heavy atom. The smallest absolute Gasteiger partial charge is 0.330 e. The highest BCUT2D eigenvalue weighted by molar-refractivity contribution is 7.89. The molecule has 8 heteroatoms. The monoisotopic (exact) mass is 256 g/mol. The standard InChI is InChI=1S/C9H8N2O5S/c1-11-7(9(13)14)8(12)6-5(17(11,15)16)3-2-4-10-6/h2-4,7H,1H3,(H,13,14). The number of nitrogens with zero attached hydrogens (tertiary/aromatic N) is 2. The van der Waals surface area contributed by atoms with Crippen LogP contribution in [0.1, 0.15) is 10.5 Å². The third kappa shape index (κ3) is 1.53. The van der Waals surface area contributed by atoms with Gasteiger partial charge >= 0.3 is 5.97 Å². The van der Waals surface area contributed by atoms with Crippen molar-refractivity contribution in [3.8, 4) is 0 Å². The molecule has 1 unspecified atom stereocenters. The molecule has 90 valence electrons. The average molecular weight is 256 g/mol. The summed E-state index contributed by atoms with van der Waals surface area (Å²) in [4.78, 5) is 26.1. The van der Waals surface area contributed by atoms with Crippen LogP contribution in [-0.4, -0.2) is 47.7 Å². The van der Waals surface area contributed by atoms with Gasteiger partial charge in [0.25, 0.3) is 0 Å². The minimum Gasteiger partial charge on any atom is -0.480 e. The van der Waals surface area contributed by atoms with Gasteiger partial charge in [-0.3, -0.25) is 9.78 Å². The summed E-state index contributed by atoms with van der Waals surface area (Å²) in [6.07, 6.45) is 1.25. The first-order valence-corrected chi connectivity index (χ1v) is 6.01. The first-order valence-electron chi connectivity index (χ1n) is 4.57. The van der Waals surface area contributed by atoms with Gasteiger partial charge in [-0.1, -0.05) is 0 Å². The fraction of sp³-hybridized carbons (Fsp3) is 0.222. The lowest BCUT2D eigenvalue weighted by Crippen LogP contribution is -2.51. The Balaban J connectivity index is 2.75. The van der Waals surface area contributed by atoms with Crippen LogP contribution >= 0.6 is 0 Å². The first kappa shape index (κ1) is 11.7. The molecule has 0 bridgehead atoms. The molecule has 1 aromatic rings. The van der Waals surface area contributed by atoms with E-state index in [4.69, 9.17) is 5.11 Å². The van der Waals surface area contributed by atoms with Gasteiger partial charge < -0.3 is 5.11 Å². The van der Waals surface area contributed by atoms with Gasteiger partial charge in [-0.2, -0.15) is 4.31 Å². The molecule has 0 spiro atoms. The summed E-state index contributed by atoms with van der Waals surface area (Å²) in [6, 6.07) is 0.852. The molecule has 0 radical (unpaired) electrons. The van der Waals surface area contributed by atoms with E-state index < -0.39 is 27.8 Å². The van der Waals surface area contributed by atoms with Crippen LogP contribution in [0.25, 0.3) is 0 Å². The summed E-state index contributed by atoms with van der Waals surface area (Å²) in [5.41, 5.74) is -0.321. The van der Waals surface area contributed by atoms with Crippen LogP contribution in [0, 0.1) is 0 Å². The Morgan fingerprint density at radius 1 is 1.53 bits per heavy atom. The number of aliphatic carboxylic acids is 1. The lowest BCUT2D eigenvalue weighted by atomic mass is 10.1. The van der Waals surface area contributed by atoms with Crippen LogP contribution in [0.3, 0.4) is 0 Å². The van der Waals surface area contributed by atoms with Crippen LogP contribution in [0.15, 0.2) is 23.2 Å². The predicted molar refractivity (Wildman–Crippen MR) is 54.9 cm³/mol. The highest BCUT2D eigenvalue weighted by Crippen LogP contribution is 2.27. The third-order valence-electron chi connectivity index (χ3n) is 2.51.